The first kappa shape index (κ1) is 14.8. The molecular formula is C14H19NO5. The molecule has 0 N–H and O–H groups in total. The minimum Gasteiger partial charge on any atom is -0.465 e. The van der Waals surface area contributed by atoms with Gasteiger partial charge >= 0.3 is 11.9 Å². The van der Waals surface area contributed by atoms with Crippen LogP contribution >= 0.6 is 0 Å². The lowest BCUT2D eigenvalue weighted by molar-refractivity contribution is -0.175. The maximum absolute atomic E-state index is 12.0. The summed E-state index contributed by atoms with van der Waals surface area (Å²) in [5.74, 6) is -3.30. The molecular weight excluding hydrogens is 262 g/mol. The van der Waals surface area contributed by atoms with Crippen LogP contribution in [0.4, 0.5) is 0 Å². The second kappa shape index (κ2) is 5.06. The van der Waals surface area contributed by atoms with Crippen LogP contribution in [0.2, 0.25) is 0 Å². The quantitative estimate of drug-likeness (QED) is 0.558. The maximum atomic E-state index is 12.0. The Bertz CT molecular complexity index is 467. The summed E-state index contributed by atoms with van der Waals surface area (Å²) in [6.07, 6.45) is 0.830. The smallest absolute Gasteiger partial charge is 0.322 e. The van der Waals surface area contributed by atoms with Gasteiger partial charge in [0.05, 0.1) is 24.9 Å². The Morgan fingerprint density at radius 1 is 1.55 bits per heavy atom. The molecule has 6 nitrogen and oxygen atoms in total. The molecule has 110 valence electrons. The zero-order valence-electron chi connectivity index (χ0n) is 12.0. The van der Waals surface area contributed by atoms with Crippen molar-refractivity contribution < 1.29 is 23.8 Å². The number of hydrogen-bond acceptors (Lipinski definition) is 6. The van der Waals surface area contributed by atoms with E-state index in [1.54, 1.807) is 6.92 Å². The van der Waals surface area contributed by atoms with E-state index in [9.17, 15) is 14.9 Å². The molecule has 0 unspecified atom stereocenters. The van der Waals surface area contributed by atoms with Gasteiger partial charge in [0, 0.05) is 12.8 Å². The Balaban J connectivity index is 2.31. The van der Waals surface area contributed by atoms with E-state index in [0.717, 1.165) is 0 Å². The van der Waals surface area contributed by atoms with Crippen LogP contribution in [0.1, 0.15) is 33.6 Å². The summed E-state index contributed by atoms with van der Waals surface area (Å²) < 4.78 is 16.0. The van der Waals surface area contributed by atoms with E-state index in [1.807, 2.05) is 13.8 Å². The molecule has 3 atom stereocenters. The molecule has 0 aromatic heterocycles. The third-order valence-electron chi connectivity index (χ3n) is 3.88. The fourth-order valence-corrected chi connectivity index (χ4v) is 3.14. The SMILES string of the molecule is CCOC(=O)[C@H]1C(=O)O[C@]2(CCOC(C)(C)C2)[C@H]1C#N. The van der Waals surface area contributed by atoms with Crippen LogP contribution in [-0.4, -0.2) is 36.4 Å². The van der Waals surface area contributed by atoms with Gasteiger partial charge in [-0.25, -0.2) is 0 Å². The molecule has 2 aliphatic rings. The van der Waals surface area contributed by atoms with Crippen LogP contribution in [0.25, 0.3) is 0 Å². The normalized spacial score (nSPS) is 35.4. The van der Waals surface area contributed by atoms with Gasteiger partial charge in [0.1, 0.15) is 11.5 Å². The summed E-state index contributed by atoms with van der Waals surface area (Å²) >= 11 is 0. The summed E-state index contributed by atoms with van der Waals surface area (Å²) in [5.41, 5.74) is -1.43. The van der Waals surface area contributed by atoms with E-state index < -0.39 is 35.0 Å². The average molecular weight is 281 g/mol. The van der Waals surface area contributed by atoms with Gasteiger partial charge < -0.3 is 14.2 Å². The van der Waals surface area contributed by atoms with Gasteiger partial charge in [0.2, 0.25) is 0 Å². The Morgan fingerprint density at radius 3 is 2.80 bits per heavy atom. The lowest BCUT2D eigenvalue weighted by Crippen LogP contribution is -2.50. The lowest BCUT2D eigenvalue weighted by atomic mass is 9.73. The van der Waals surface area contributed by atoms with Gasteiger partial charge in [-0.1, -0.05) is 0 Å². The van der Waals surface area contributed by atoms with Crippen molar-refractivity contribution in [2.75, 3.05) is 13.2 Å². The average Bonchev–Trinajstić information content (AvgIpc) is 2.59. The zero-order valence-corrected chi connectivity index (χ0v) is 12.0. The fraction of sp³-hybridized carbons (Fsp3) is 0.786. The first-order valence-corrected chi connectivity index (χ1v) is 6.78. The number of esters is 2. The summed E-state index contributed by atoms with van der Waals surface area (Å²) in [6.45, 7) is 5.99. The van der Waals surface area contributed by atoms with Crippen molar-refractivity contribution in [2.45, 2.75) is 44.8 Å². The lowest BCUT2D eigenvalue weighted by Gasteiger charge is -2.42. The van der Waals surface area contributed by atoms with E-state index >= 15 is 0 Å². The molecule has 0 aromatic carbocycles. The topological polar surface area (TPSA) is 85.6 Å². The molecule has 0 aromatic rings. The minimum atomic E-state index is -1.14. The van der Waals surface area contributed by atoms with E-state index in [1.165, 1.54) is 0 Å². The molecule has 1 spiro atoms. The van der Waals surface area contributed by atoms with Crippen LogP contribution in [0.3, 0.4) is 0 Å². The Kier molecular flexibility index (Phi) is 3.74. The molecule has 2 rings (SSSR count). The van der Waals surface area contributed by atoms with E-state index in [2.05, 4.69) is 6.07 Å². The van der Waals surface area contributed by atoms with Gasteiger partial charge in [-0.05, 0) is 20.8 Å². The van der Waals surface area contributed by atoms with Gasteiger partial charge in [0.25, 0.3) is 0 Å². The van der Waals surface area contributed by atoms with Gasteiger partial charge in [-0.15, -0.1) is 0 Å². The number of hydrogen-bond donors (Lipinski definition) is 0. The monoisotopic (exact) mass is 281 g/mol. The molecule has 20 heavy (non-hydrogen) atoms. The number of carbonyl (C=O) groups excluding carboxylic acids is 2. The predicted octanol–water partition coefficient (Wildman–Crippen LogP) is 1.19. The van der Waals surface area contributed by atoms with Crippen molar-refractivity contribution in [3.05, 3.63) is 0 Å². The van der Waals surface area contributed by atoms with Crippen LogP contribution in [-0.2, 0) is 23.8 Å². The van der Waals surface area contributed by atoms with Crippen molar-refractivity contribution in [1.29, 1.82) is 5.26 Å². The number of nitriles is 1. The number of ether oxygens (including phenoxy) is 3. The van der Waals surface area contributed by atoms with Crippen LogP contribution in [0.5, 0.6) is 0 Å². The highest BCUT2D eigenvalue weighted by Crippen LogP contribution is 2.47. The molecule has 0 radical (unpaired) electrons. The summed E-state index contributed by atoms with van der Waals surface area (Å²) in [6, 6.07) is 2.08. The molecule has 0 aliphatic carbocycles. The number of carbonyl (C=O) groups is 2. The first-order chi connectivity index (χ1) is 9.35. The largest absolute Gasteiger partial charge is 0.465 e. The van der Waals surface area contributed by atoms with E-state index in [-0.39, 0.29) is 6.61 Å². The standard InChI is InChI=1S/C14H19NO5/c1-4-18-11(16)10-9(7-15)14(20-12(10)17)5-6-19-13(2,3)8-14/h9-10H,4-6,8H2,1-3H3/t9-,10-,14-/m0/s1. The van der Waals surface area contributed by atoms with Crippen LogP contribution < -0.4 is 0 Å². The molecule has 2 saturated heterocycles. The molecule has 2 aliphatic heterocycles. The molecule has 0 bridgehead atoms. The van der Waals surface area contributed by atoms with Gasteiger partial charge in [0.15, 0.2) is 5.92 Å². The van der Waals surface area contributed by atoms with Gasteiger partial charge in [-0.3, -0.25) is 9.59 Å². The van der Waals surface area contributed by atoms with Crippen molar-refractivity contribution in [1.82, 2.24) is 0 Å². The highest BCUT2D eigenvalue weighted by molar-refractivity contribution is 5.97. The van der Waals surface area contributed by atoms with Crippen LogP contribution in [0.15, 0.2) is 0 Å². The molecule has 0 saturated carbocycles. The maximum Gasteiger partial charge on any atom is 0.322 e. The van der Waals surface area contributed by atoms with Crippen LogP contribution in [0, 0.1) is 23.2 Å². The van der Waals surface area contributed by atoms with Crippen molar-refractivity contribution in [2.24, 2.45) is 11.8 Å². The van der Waals surface area contributed by atoms with E-state index in [0.29, 0.717) is 19.4 Å². The highest BCUT2D eigenvalue weighted by atomic mass is 16.6. The molecule has 0 amide bonds. The Morgan fingerprint density at radius 2 is 2.25 bits per heavy atom. The summed E-state index contributed by atoms with van der Waals surface area (Å²) in [5, 5.41) is 9.43. The van der Waals surface area contributed by atoms with Gasteiger partial charge in [-0.2, -0.15) is 5.26 Å². The summed E-state index contributed by atoms with van der Waals surface area (Å²) in [4.78, 5) is 23.9. The fourth-order valence-electron chi connectivity index (χ4n) is 3.14. The van der Waals surface area contributed by atoms with Crippen molar-refractivity contribution in [3.8, 4) is 6.07 Å². The minimum absolute atomic E-state index is 0.169. The number of rotatable bonds is 2. The molecule has 2 heterocycles. The molecule has 6 heteroatoms. The number of nitrogens with zero attached hydrogens (tertiary/aromatic N) is 1. The second-order valence-corrected chi connectivity index (χ2v) is 5.86. The third-order valence-corrected chi connectivity index (χ3v) is 3.88. The molecule has 2 fully saturated rings. The first-order valence-electron chi connectivity index (χ1n) is 6.78. The van der Waals surface area contributed by atoms with Crippen molar-refractivity contribution >= 4 is 11.9 Å². The Labute approximate surface area is 118 Å². The zero-order chi connectivity index (χ0) is 15.0. The third kappa shape index (κ3) is 2.38. The predicted molar refractivity (Wildman–Crippen MR) is 67.3 cm³/mol. The van der Waals surface area contributed by atoms with Crippen molar-refractivity contribution in [3.63, 3.8) is 0 Å². The highest BCUT2D eigenvalue weighted by Gasteiger charge is 2.62. The summed E-state index contributed by atoms with van der Waals surface area (Å²) in [7, 11) is 0. The second-order valence-electron chi connectivity index (χ2n) is 5.86. The van der Waals surface area contributed by atoms with E-state index in [4.69, 9.17) is 14.2 Å². The Hall–Kier alpha value is -1.61.